The third-order valence-electron chi connectivity index (χ3n) is 3.25. The number of carbonyl (C=O) groups is 3. The molecule has 0 aliphatic heterocycles. The molecule has 0 fully saturated rings. The normalized spacial score (nSPS) is 11.6. The predicted octanol–water partition coefficient (Wildman–Crippen LogP) is 1.69. The van der Waals surface area contributed by atoms with Gasteiger partial charge in [0.1, 0.15) is 6.04 Å². The number of esters is 2. The monoisotopic (exact) mass is 355 g/mol. The molecule has 0 unspecified atom stereocenters. The van der Waals surface area contributed by atoms with Gasteiger partial charge in [0.15, 0.2) is 18.2 Å². The van der Waals surface area contributed by atoms with Crippen LogP contribution in [-0.2, 0) is 19.1 Å². The lowest BCUT2D eigenvalue weighted by Gasteiger charge is -2.18. The van der Waals surface area contributed by atoms with Crippen molar-refractivity contribution in [2.75, 3.05) is 20.8 Å². The lowest BCUT2D eigenvalue weighted by molar-refractivity contribution is -0.145. The van der Waals surface area contributed by atoms with Crippen molar-refractivity contribution in [3.63, 3.8) is 0 Å². The fourth-order valence-electron chi connectivity index (χ4n) is 2.07. The fourth-order valence-corrected chi connectivity index (χ4v) is 2.07. The predicted molar refractivity (Wildman–Crippen MR) is 86.6 cm³/mol. The summed E-state index contributed by atoms with van der Waals surface area (Å²) in [5.74, 6) is -2.68. The second-order valence-electron chi connectivity index (χ2n) is 5.70. The van der Waals surface area contributed by atoms with Gasteiger partial charge in [0, 0.05) is 0 Å². The number of hydrogen-bond donors (Lipinski definition) is 1. The van der Waals surface area contributed by atoms with Gasteiger partial charge in [-0.2, -0.15) is 0 Å². The van der Waals surface area contributed by atoms with Crippen molar-refractivity contribution >= 4 is 17.8 Å². The minimum atomic E-state index is -0.866. The van der Waals surface area contributed by atoms with Crippen LogP contribution in [0.25, 0.3) is 0 Å². The van der Waals surface area contributed by atoms with E-state index in [1.54, 1.807) is 0 Å². The van der Waals surface area contributed by atoms with Crippen LogP contribution >= 0.6 is 0 Å². The highest BCUT2D eigenvalue weighted by atomic mass is 19.1. The third-order valence-corrected chi connectivity index (χ3v) is 3.25. The van der Waals surface area contributed by atoms with Crippen LogP contribution in [0.15, 0.2) is 18.2 Å². The van der Waals surface area contributed by atoms with E-state index in [4.69, 9.17) is 9.47 Å². The molecule has 1 aromatic carbocycles. The molecule has 0 saturated heterocycles. The quantitative estimate of drug-likeness (QED) is 0.714. The Hall–Kier alpha value is -2.64. The molecule has 0 aromatic heterocycles. The van der Waals surface area contributed by atoms with E-state index in [2.05, 4.69) is 10.1 Å². The first kappa shape index (κ1) is 20.4. The first-order chi connectivity index (χ1) is 11.8. The number of amides is 1. The molecule has 0 bridgehead atoms. The van der Waals surface area contributed by atoms with Crippen LogP contribution < -0.4 is 10.1 Å². The Balaban J connectivity index is 2.61. The Labute approximate surface area is 145 Å². The molecule has 0 spiro atoms. The maximum absolute atomic E-state index is 13.6. The lowest BCUT2D eigenvalue weighted by atomic mass is 10.0. The topological polar surface area (TPSA) is 90.9 Å². The molecule has 25 heavy (non-hydrogen) atoms. The Morgan fingerprint density at radius 2 is 1.88 bits per heavy atom. The van der Waals surface area contributed by atoms with Gasteiger partial charge in [-0.25, -0.2) is 14.0 Å². The maximum Gasteiger partial charge on any atom is 0.338 e. The van der Waals surface area contributed by atoms with E-state index in [1.165, 1.54) is 26.4 Å². The first-order valence-electron chi connectivity index (χ1n) is 7.66. The summed E-state index contributed by atoms with van der Waals surface area (Å²) in [4.78, 5) is 35.4. The smallest absolute Gasteiger partial charge is 0.338 e. The summed E-state index contributed by atoms with van der Waals surface area (Å²) >= 11 is 0. The zero-order chi connectivity index (χ0) is 19.0. The number of benzene rings is 1. The number of carbonyl (C=O) groups excluding carboxylic acids is 3. The van der Waals surface area contributed by atoms with Crippen molar-refractivity contribution in [3.05, 3.63) is 29.6 Å². The highest BCUT2D eigenvalue weighted by Crippen LogP contribution is 2.18. The molecule has 0 heterocycles. The van der Waals surface area contributed by atoms with Crippen molar-refractivity contribution in [1.82, 2.24) is 5.32 Å². The lowest BCUT2D eigenvalue weighted by Crippen LogP contribution is -2.44. The van der Waals surface area contributed by atoms with E-state index in [0.29, 0.717) is 6.42 Å². The van der Waals surface area contributed by atoms with E-state index >= 15 is 0 Å². The molecule has 1 amide bonds. The van der Waals surface area contributed by atoms with Crippen molar-refractivity contribution in [1.29, 1.82) is 0 Å². The molecule has 1 aromatic rings. The Kier molecular flexibility index (Phi) is 7.84. The van der Waals surface area contributed by atoms with Crippen molar-refractivity contribution in [3.8, 4) is 5.75 Å². The molecule has 0 radical (unpaired) electrons. The van der Waals surface area contributed by atoms with Gasteiger partial charge < -0.3 is 19.5 Å². The molecule has 8 heteroatoms. The summed E-state index contributed by atoms with van der Waals surface area (Å²) in [5.41, 5.74) is -0.0576. The average molecular weight is 355 g/mol. The minimum Gasteiger partial charge on any atom is -0.494 e. The van der Waals surface area contributed by atoms with Gasteiger partial charge in [-0.15, -0.1) is 0 Å². The third kappa shape index (κ3) is 6.40. The van der Waals surface area contributed by atoms with Gasteiger partial charge in [-0.1, -0.05) is 13.8 Å². The minimum absolute atomic E-state index is 0.0103. The number of methoxy groups -OCH3 is 2. The Morgan fingerprint density at radius 3 is 2.40 bits per heavy atom. The molecule has 1 N–H and O–H groups in total. The average Bonchev–Trinajstić information content (AvgIpc) is 2.57. The van der Waals surface area contributed by atoms with Gasteiger partial charge in [0.25, 0.3) is 5.91 Å². The maximum atomic E-state index is 13.6. The number of hydrogen-bond acceptors (Lipinski definition) is 6. The summed E-state index contributed by atoms with van der Waals surface area (Å²) < 4.78 is 27.8. The summed E-state index contributed by atoms with van der Waals surface area (Å²) in [6, 6.07) is 2.73. The number of rotatable bonds is 8. The summed E-state index contributed by atoms with van der Waals surface area (Å²) in [6.07, 6.45) is 0.385. The fraction of sp³-hybridized carbons (Fsp3) is 0.471. The second-order valence-corrected chi connectivity index (χ2v) is 5.70. The molecule has 7 nitrogen and oxygen atoms in total. The highest BCUT2D eigenvalue weighted by molar-refractivity contribution is 5.92. The van der Waals surface area contributed by atoms with E-state index in [0.717, 1.165) is 6.07 Å². The van der Waals surface area contributed by atoms with Gasteiger partial charge in [-0.3, -0.25) is 4.79 Å². The molecular weight excluding hydrogens is 333 g/mol. The van der Waals surface area contributed by atoms with Crippen molar-refractivity contribution in [2.45, 2.75) is 26.3 Å². The van der Waals surface area contributed by atoms with Crippen molar-refractivity contribution in [2.24, 2.45) is 5.92 Å². The van der Waals surface area contributed by atoms with Gasteiger partial charge in [0.05, 0.1) is 19.8 Å². The van der Waals surface area contributed by atoms with Crippen LogP contribution in [0, 0.1) is 11.7 Å². The van der Waals surface area contributed by atoms with Crippen LogP contribution in [0.3, 0.4) is 0 Å². The molecule has 0 aliphatic carbocycles. The largest absolute Gasteiger partial charge is 0.494 e. The Bertz CT molecular complexity index is 632. The standard InChI is InChI=1S/C17H22FNO6/c1-10(2)7-13(17(22)24-4)19-15(20)9-25-16(21)11-5-6-14(23-3)12(18)8-11/h5-6,8,10,13H,7,9H2,1-4H3,(H,19,20)/t13-/m1/s1. The number of ether oxygens (including phenoxy) is 3. The van der Waals surface area contributed by atoms with Crippen LogP contribution in [0.4, 0.5) is 4.39 Å². The van der Waals surface area contributed by atoms with Crippen molar-refractivity contribution < 1.29 is 33.0 Å². The SMILES string of the molecule is COC(=O)[C@@H](CC(C)C)NC(=O)COC(=O)c1ccc(OC)c(F)c1. The molecular formula is C17H22FNO6. The van der Waals surface area contributed by atoms with Gasteiger partial charge >= 0.3 is 11.9 Å². The van der Waals surface area contributed by atoms with Gasteiger partial charge in [0.2, 0.25) is 0 Å². The second kappa shape index (κ2) is 9.61. The zero-order valence-electron chi connectivity index (χ0n) is 14.6. The Morgan fingerprint density at radius 1 is 1.20 bits per heavy atom. The van der Waals surface area contributed by atoms with Crippen LogP contribution in [-0.4, -0.2) is 44.7 Å². The zero-order valence-corrected chi connectivity index (χ0v) is 14.6. The summed E-state index contributed by atoms with van der Waals surface area (Å²) in [5, 5.41) is 2.45. The molecule has 1 atom stereocenters. The van der Waals surface area contributed by atoms with Crippen LogP contribution in [0.1, 0.15) is 30.6 Å². The summed E-state index contributed by atoms with van der Waals surface area (Å²) in [7, 11) is 2.52. The highest BCUT2D eigenvalue weighted by Gasteiger charge is 2.23. The van der Waals surface area contributed by atoms with E-state index in [1.807, 2.05) is 13.8 Å². The van der Waals surface area contributed by atoms with E-state index in [9.17, 15) is 18.8 Å². The van der Waals surface area contributed by atoms with E-state index < -0.39 is 36.3 Å². The molecule has 1 rings (SSSR count). The van der Waals surface area contributed by atoms with Gasteiger partial charge in [-0.05, 0) is 30.5 Å². The number of halogens is 1. The van der Waals surface area contributed by atoms with E-state index in [-0.39, 0.29) is 17.2 Å². The van der Waals surface area contributed by atoms with Crippen LogP contribution in [0.5, 0.6) is 5.75 Å². The molecule has 138 valence electrons. The summed E-state index contributed by atoms with van der Waals surface area (Å²) in [6.45, 7) is 3.18. The van der Waals surface area contributed by atoms with Crippen LogP contribution in [0.2, 0.25) is 0 Å². The number of nitrogens with one attached hydrogen (secondary N) is 1. The molecule has 0 saturated carbocycles. The molecule has 0 aliphatic rings. The first-order valence-corrected chi connectivity index (χ1v) is 7.66.